The number of amides is 1. The third-order valence-electron chi connectivity index (χ3n) is 3.55. The Kier molecular flexibility index (Phi) is 5.95. The van der Waals surface area contributed by atoms with Gasteiger partial charge in [-0.05, 0) is 36.4 Å². The van der Waals surface area contributed by atoms with Gasteiger partial charge in [-0.3, -0.25) is 4.79 Å². The van der Waals surface area contributed by atoms with Crippen molar-refractivity contribution in [2.45, 2.75) is 0 Å². The molecule has 3 rings (SSSR count). The van der Waals surface area contributed by atoms with Crippen LogP contribution in [0.4, 0.5) is 26.1 Å². The highest BCUT2D eigenvalue weighted by Gasteiger charge is 2.09. The van der Waals surface area contributed by atoms with Crippen LogP contribution in [0.1, 0.15) is 0 Å². The van der Waals surface area contributed by atoms with Crippen molar-refractivity contribution in [2.75, 3.05) is 24.4 Å². The lowest BCUT2D eigenvalue weighted by Crippen LogP contribution is -2.21. The number of carbonyl (C=O) groups excluding carboxylic acids is 1. The normalized spacial score (nSPS) is 10.2. The molecule has 0 radical (unpaired) electrons. The van der Waals surface area contributed by atoms with Crippen LogP contribution < -0.4 is 20.1 Å². The maximum atomic E-state index is 13.2. The van der Waals surface area contributed by atoms with Crippen molar-refractivity contribution >= 4 is 23.2 Å². The van der Waals surface area contributed by atoms with Gasteiger partial charge in [0.15, 0.2) is 41.4 Å². The van der Waals surface area contributed by atoms with Crippen molar-refractivity contribution in [1.29, 1.82) is 0 Å². The average molecular weight is 386 g/mol. The van der Waals surface area contributed by atoms with E-state index in [2.05, 4.69) is 20.8 Å². The highest BCUT2D eigenvalue weighted by Crippen LogP contribution is 2.25. The summed E-state index contributed by atoms with van der Waals surface area (Å²) < 4.78 is 36.7. The zero-order valence-electron chi connectivity index (χ0n) is 14.8. The van der Waals surface area contributed by atoms with E-state index in [0.717, 1.165) is 12.1 Å². The van der Waals surface area contributed by atoms with Crippen molar-refractivity contribution in [3.63, 3.8) is 0 Å². The largest absolute Gasteiger partial charge is 0.493 e. The van der Waals surface area contributed by atoms with Gasteiger partial charge < -0.3 is 20.1 Å². The predicted molar refractivity (Wildman–Crippen MR) is 98.8 cm³/mol. The Morgan fingerprint density at radius 2 is 1.68 bits per heavy atom. The number of rotatable bonds is 7. The molecule has 144 valence electrons. The van der Waals surface area contributed by atoms with E-state index in [1.54, 1.807) is 24.3 Å². The molecule has 9 heteroatoms. The van der Waals surface area contributed by atoms with Crippen molar-refractivity contribution in [3.8, 4) is 11.5 Å². The number of carbonyl (C=O) groups is 1. The van der Waals surface area contributed by atoms with Gasteiger partial charge in [-0.15, -0.1) is 10.2 Å². The molecule has 1 amide bonds. The summed E-state index contributed by atoms with van der Waals surface area (Å²) >= 11 is 0. The minimum atomic E-state index is -0.975. The van der Waals surface area contributed by atoms with Gasteiger partial charge in [0, 0.05) is 11.8 Å². The fourth-order valence-corrected chi connectivity index (χ4v) is 2.25. The summed E-state index contributed by atoms with van der Waals surface area (Å²) in [4.78, 5) is 12.0. The van der Waals surface area contributed by atoms with Crippen LogP contribution in [-0.4, -0.2) is 29.8 Å². The van der Waals surface area contributed by atoms with Crippen LogP contribution in [0.15, 0.2) is 54.6 Å². The molecule has 2 aromatic carbocycles. The molecule has 0 unspecified atom stereocenters. The lowest BCUT2D eigenvalue weighted by atomic mass is 10.3. The SMILES string of the molecule is COc1ccccc1OCC(=O)Nc1ccc(Nc2ccc(F)c(F)c2)nn1. The quantitative estimate of drug-likeness (QED) is 0.646. The first kappa shape index (κ1) is 19.0. The summed E-state index contributed by atoms with van der Waals surface area (Å²) in [6.07, 6.45) is 0. The number of hydrogen-bond acceptors (Lipinski definition) is 6. The molecular weight excluding hydrogens is 370 g/mol. The van der Waals surface area contributed by atoms with Gasteiger partial charge in [-0.2, -0.15) is 0 Å². The second-order valence-electron chi connectivity index (χ2n) is 5.55. The fraction of sp³-hybridized carbons (Fsp3) is 0.105. The summed E-state index contributed by atoms with van der Waals surface area (Å²) in [5, 5.41) is 13.0. The molecule has 0 atom stereocenters. The number of para-hydroxylation sites is 2. The van der Waals surface area contributed by atoms with Gasteiger partial charge in [0.25, 0.3) is 5.91 Å². The zero-order chi connectivity index (χ0) is 19.9. The first-order valence-electron chi connectivity index (χ1n) is 8.16. The Morgan fingerprint density at radius 1 is 0.964 bits per heavy atom. The maximum absolute atomic E-state index is 13.2. The molecule has 2 N–H and O–H groups in total. The number of methoxy groups -OCH3 is 1. The molecule has 0 bridgehead atoms. The Hall–Kier alpha value is -3.75. The second-order valence-corrected chi connectivity index (χ2v) is 5.55. The molecule has 0 aliphatic heterocycles. The average Bonchev–Trinajstić information content (AvgIpc) is 2.71. The highest BCUT2D eigenvalue weighted by atomic mass is 19.2. The summed E-state index contributed by atoms with van der Waals surface area (Å²) in [6.45, 7) is -0.239. The van der Waals surface area contributed by atoms with Gasteiger partial charge in [0.2, 0.25) is 0 Å². The Bertz CT molecular complexity index is 968. The lowest BCUT2D eigenvalue weighted by molar-refractivity contribution is -0.118. The van der Waals surface area contributed by atoms with Gasteiger partial charge in [-0.25, -0.2) is 8.78 Å². The molecule has 0 aliphatic rings. The molecule has 3 aromatic rings. The molecule has 0 aliphatic carbocycles. The van der Waals surface area contributed by atoms with Crippen molar-refractivity contribution in [2.24, 2.45) is 0 Å². The summed E-state index contributed by atoms with van der Waals surface area (Å²) in [5.41, 5.74) is 0.315. The minimum Gasteiger partial charge on any atom is -0.493 e. The number of halogens is 2. The smallest absolute Gasteiger partial charge is 0.263 e. The third kappa shape index (κ3) is 4.91. The highest BCUT2D eigenvalue weighted by molar-refractivity contribution is 5.91. The van der Waals surface area contributed by atoms with Crippen LogP contribution in [0.25, 0.3) is 0 Å². The van der Waals surface area contributed by atoms with Gasteiger partial charge in [0.1, 0.15) is 0 Å². The van der Waals surface area contributed by atoms with E-state index in [1.165, 1.54) is 25.3 Å². The Morgan fingerprint density at radius 3 is 2.36 bits per heavy atom. The Labute approximate surface area is 159 Å². The van der Waals surface area contributed by atoms with E-state index in [4.69, 9.17) is 9.47 Å². The van der Waals surface area contributed by atoms with Crippen LogP contribution >= 0.6 is 0 Å². The molecule has 0 saturated heterocycles. The van der Waals surface area contributed by atoms with Crippen LogP contribution in [0.3, 0.4) is 0 Å². The summed E-state index contributed by atoms with van der Waals surface area (Å²) in [5.74, 6) is -0.873. The molecule has 0 saturated carbocycles. The standard InChI is InChI=1S/C19H16F2N4O3/c1-27-15-4-2-3-5-16(15)28-11-19(26)23-18-9-8-17(24-25-18)22-12-6-7-13(20)14(21)10-12/h2-10H,11H2,1H3,(H,22,24)(H,23,25,26). The predicted octanol–water partition coefficient (Wildman–Crippen LogP) is 3.52. The van der Waals surface area contributed by atoms with Gasteiger partial charge in [0.05, 0.1) is 7.11 Å². The van der Waals surface area contributed by atoms with Crippen LogP contribution in [0.2, 0.25) is 0 Å². The molecule has 0 spiro atoms. The molecular formula is C19H16F2N4O3. The summed E-state index contributed by atoms with van der Waals surface area (Å²) in [7, 11) is 1.51. The van der Waals surface area contributed by atoms with Crippen molar-refractivity contribution in [1.82, 2.24) is 10.2 Å². The van der Waals surface area contributed by atoms with E-state index < -0.39 is 17.5 Å². The van der Waals surface area contributed by atoms with Crippen molar-refractivity contribution in [3.05, 3.63) is 66.2 Å². The number of hydrogen-bond donors (Lipinski definition) is 2. The van der Waals surface area contributed by atoms with Crippen LogP contribution in [-0.2, 0) is 4.79 Å². The minimum absolute atomic E-state index is 0.212. The number of benzene rings is 2. The molecule has 28 heavy (non-hydrogen) atoms. The topological polar surface area (TPSA) is 85.4 Å². The Balaban J connectivity index is 1.54. The second kappa shape index (κ2) is 8.76. The number of nitrogens with zero attached hydrogens (tertiary/aromatic N) is 2. The zero-order valence-corrected chi connectivity index (χ0v) is 14.8. The van der Waals surface area contributed by atoms with E-state index >= 15 is 0 Å². The van der Waals surface area contributed by atoms with E-state index in [9.17, 15) is 13.6 Å². The molecule has 1 heterocycles. The number of aromatic nitrogens is 2. The van der Waals surface area contributed by atoms with E-state index in [0.29, 0.717) is 23.0 Å². The number of nitrogens with one attached hydrogen (secondary N) is 2. The van der Waals surface area contributed by atoms with Gasteiger partial charge >= 0.3 is 0 Å². The number of ether oxygens (including phenoxy) is 2. The molecule has 7 nitrogen and oxygen atoms in total. The lowest BCUT2D eigenvalue weighted by Gasteiger charge is -2.10. The monoisotopic (exact) mass is 386 g/mol. The maximum Gasteiger partial charge on any atom is 0.263 e. The third-order valence-corrected chi connectivity index (χ3v) is 3.55. The van der Waals surface area contributed by atoms with Gasteiger partial charge in [-0.1, -0.05) is 12.1 Å². The fourth-order valence-electron chi connectivity index (χ4n) is 2.25. The number of anilines is 3. The van der Waals surface area contributed by atoms with Crippen molar-refractivity contribution < 1.29 is 23.0 Å². The molecule has 1 aromatic heterocycles. The van der Waals surface area contributed by atoms with E-state index in [1.807, 2.05) is 0 Å². The summed E-state index contributed by atoms with van der Waals surface area (Å²) in [6, 6.07) is 13.4. The molecule has 0 fully saturated rings. The van der Waals surface area contributed by atoms with Crippen LogP contribution in [0, 0.1) is 11.6 Å². The first-order chi connectivity index (χ1) is 13.5. The first-order valence-corrected chi connectivity index (χ1v) is 8.16. The van der Waals surface area contributed by atoms with E-state index in [-0.39, 0.29) is 12.4 Å². The van der Waals surface area contributed by atoms with Crippen LogP contribution in [0.5, 0.6) is 11.5 Å².